The van der Waals surface area contributed by atoms with Gasteiger partial charge in [0.05, 0.1) is 6.04 Å². The average Bonchev–Trinajstić information content (AvgIpc) is 2.71. The van der Waals surface area contributed by atoms with E-state index < -0.39 is 6.17 Å². The van der Waals surface area contributed by atoms with Crippen molar-refractivity contribution in [3.8, 4) is 11.5 Å². The van der Waals surface area contributed by atoms with Gasteiger partial charge in [0.2, 0.25) is 6.79 Å². The third-order valence-electron chi connectivity index (χ3n) is 2.91. The van der Waals surface area contributed by atoms with Gasteiger partial charge in [-0.25, -0.2) is 4.39 Å². The van der Waals surface area contributed by atoms with Crippen molar-refractivity contribution in [1.29, 1.82) is 0 Å². The first-order valence-corrected chi connectivity index (χ1v) is 5.13. The first-order valence-electron chi connectivity index (χ1n) is 5.13. The minimum absolute atomic E-state index is 0.0367. The molecule has 0 saturated heterocycles. The highest BCUT2D eigenvalue weighted by Gasteiger charge is 2.30. The summed E-state index contributed by atoms with van der Waals surface area (Å²) in [5.74, 6) is 1.49. The molecule has 4 heteroatoms. The van der Waals surface area contributed by atoms with Crippen LogP contribution in [0.15, 0.2) is 18.2 Å². The summed E-state index contributed by atoms with van der Waals surface area (Å²) < 4.78 is 23.5. The van der Waals surface area contributed by atoms with Crippen LogP contribution in [-0.4, -0.2) is 19.0 Å². The molecule has 2 aliphatic rings. The summed E-state index contributed by atoms with van der Waals surface area (Å²) in [6.07, 6.45) is 0.855. The maximum atomic E-state index is 13.0. The molecule has 1 aliphatic carbocycles. The summed E-state index contributed by atoms with van der Waals surface area (Å²) >= 11 is 0. The van der Waals surface area contributed by atoms with E-state index in [4.69, 9.17) is 9.47 Å². The molecule has 80 valence electrons. The van der Waals surface area contributed by atoms with E-state index >= 15 is 0 Å². The summed E-state index contributed by atoms with van der Waals surface area (Å²) in [6.45, 7) is 0.272. The number of hydrogen-bond donors (Lipinski definition) is 1. The number of rotatable bonds is 2. The maximum absolute atomic E-state index is 13.0. The second kappa shape index (κ2) is 3.29. The van der Waals surface area contributed by atoms with Gasteiger partial charge in [0.15, 0.2) is 11.5 Å². The quantitative estimate of drug-likeness (QED) is 0.810. The van der Waals surface area contributed by atoms with E-state index in [1.165, 1.54) is 0 Å². The molecule has 1 N–H and O–H groups in total. The summed E-state index contributed by atoms with van der Waals surface area (Å²) in [5.41, 5.74) is 0.895. The van der Waals surface area contributed by atoms with Crippen molar-refractivity contribution in [1.82, 2.24) is 0 Å². The smallest absolute Gasteiger partial charge is 0.231 e. The van der Waals surface area contributed by atoms with Crippen LogP contribution in [0, 0.1) is 0 Å². The molecule has 2 atom stereocenters. The van der Waals surface area contributed by atoms with Crippen LogP contribution >= 0.6 is 0 Å². The van der Waals surface area contributed by atoms with Crippen LogP contribution in [0.1, 0.15) is 12.8 Å². The monoisotopic (exact) mass is 209 g/mol. The number of nitrogens with one attached hydrogen (secondary N) is 1. The lowest BCUT2D eigenvalue weighted by Gasteiger charge is -2.31. The third kappa shape index (κ3) is 1.50. The first-order chi connectivity index (χ1) is 7.33. The van der Waals surface area contributed by atoms with Crippen molar-refractivity contribution < 1.29 is 13.9 Å². The lowest BCUT2D eigenvalue weighted by Crippen LogP contribution is -2.39. The molecule has 0 bridgehead atoms. The van der Waals surface area contributed by atoms with Gasteiger partial charge in [-0.1, -0.05) is 0 Å². The van der Waals surface area contributed by atoms with Crippen molar-refractivity contribution in [3.05, 3.63) is 18.2 Å². The molecular formula is C11H12FNO2. The normalized spacial score (nSPS) is 27.3. The van der Waals surface area contributed by atoms with Gasteiger partial charge in [-0.15, -0.1) is 0 Å². The van der Waals surface area contributed by atoms with Gasteiger partial charge in [0.1, 0.15) is 6.17 Å². The molecule has 1 heterocycles. The SMILES string of the molecule is FC1CCC1Nc1ccc2c(c1)OCO2. The molecular weight excluding hydrogens is 197 g/mol. The van der Waals surface area contributed by atoms with E-state index in [9.17, 15) is 4.39 Å². The zero-order valence-corrected chi connectivity index (χ0v) is 8.20. The second-order valence-corrected chi connectivity index (χ2v) is 3.91. The van der Waals surface area contributed by atoms with Crippen LogP contribution in [0.25, 0.3) is 0 Å². The van der Waals surface area contributed by atoms with Crippen molar-refractivity contribution in [2.75, 3.05) is 12.1 Å². The van der Waals surface area contributed by atoms with Gasteiger partial charge in [-0.2, -0.15) is 0 Å². The standard InChI is InChI=1S/C11H12FNO2/c12-8-2-3-9(8)13-7-1-4-10-11(5-7)15-6-14-10/h1,4-5,8-9,13H,2-3,6H2. The lowest BCUT2D eigenvalue weighted by molar-refractivity contribution is 0.174. The molecule has 3 rings (SSSR count). The van der Waals surface area contributed by atoms with Crippen molar-refractivity contribution in [2.45, 2.75) is 25.1 Å². The van der Waals surface area contributed by atoms with E-state index in [2.05, 4.69) is 5.32 Å². The Labute approximate surface area is 87.2 Å². The molecule has 0 radical (unpaired) electrons. The fraction of sp³-hybridized carbons (Fsp3) is 0.455. The van der Waals surface area contributed by atoms with E-state index in [-0.39, 0.29) is 12.8 Å². The Balaban J connectivity index is 1.75. The predicted molar refractivity (Wildman–Crippen MR) is 54.1 cm³/mol. The molecule has 2 unspecified atom stereocenters. The van der Waals surface area contributed by atoms with Crippen LogP contribution in [-0.2, 0) is 0 Å². The molecule has 3 nitrogen and oxygen atoms in total. The van der Waals surface area contributed by atoms with Gasteiger partial charge < -0.3 is 14.8 Å². The van der Waals surface area contributed by atoms with Gasteiger partial charge in [0.25, 0.3) is 0 Å². The number of alkyl halides is 1. The number of hydrogen-bond acceptors (Lipinski definition) is 3. The van der Waals surface area contributed by atoms with Crippen LogP contribution < -0.4 is 14.8 Å². The van der Waals surface area contributed by atoms with Gasteiger partial charge in [-0.3, -0.25) is 0 Å². The van der Waals surface area contributed by atoms with Gasteiger partial charge >= 0.3 is 0 Å². The van der Waals surface area contributed by atoms with Crippen molar-refractivity contribution >= 4 is 5.69 Å². The Bertz CT molecular complexity index is 383. The summed E-state index contributed by atoms with van der Waals surface area (Å²) in [5, 5.41) is 3.15. The highest BCUT2D eigenvalue weighted by Crippen LogP contribution is 2.35. The number of benzene rings is 1. The highest BCUT2D eigenvalue weighted by atomic mass is 19.1. The minimum Gasteiger partial charge on any atom is -0.454 e. The second-order valence-electron chi connectivity index (χ2n) is 3.91. The van der Waals surface area contributed by atoms with Crippen LogP contribution in [0.2, 0.25) is 0 Å². The maximum Gasteiger partial charge on any atom is 0.231 e. The first kappa shape index (κ1) is 8.83. The zero-order chi connectivity index (χ0) is 10.3. The number of ether oxygens (including phenoxy) is 2. The molecule has 1 aromatic carbocycles. The lowest BCUT2D eigenvalue weighted by atomic mass is 9.90. The average molecular weight is 209 g/mol. The molecule has 1 fully saturated rings. The fourth-order valence-corrected chi connectivity index (χ4v) is 1.82. The fourth-order valence-electron chi connectivity index (χ4n) is 1.82. The summed E-state index contributed by atoms with van der Waals surface area (Å²) in [4.78, 5) is 0. The Morgan fingerprint density at radius 2 is 2.07 bits per heavy atom. The van der Waals surface area contributed by atoms with Crippen molar-refractivity contribution in [2.24, 2.45) is 0 Å². The van der Waals surface area contributed by atoms with E-state index in [1.807, 2.05) is 18.2 Å². The predicted octanol–water partition coefficient (Wildman–Crippen LogP) is 2.33. The Morgan fingerprint density at radius 3 is 2.80 bits per heavy atom. The van der Waals surface area contributed by atoms with Crippen LogP contribution in [0.5, 0.6) is 11.5 Å². The molecule has 1 aliphatic heterocycles. The van der Waals surface area contributed by atoms with Gasteiger partial charge in [0, 0.05) is 11.8 Å². The van der Waals surface area contributed by atoms with Crippen molar-refractivity contribution in [3.63, 3.8) is 0 Å². The molecule has 0 amide bonds. The Kier molecular flexibility index (Phi) is 1.94. The van der Waals surface area contributed by atoms with Crippen LogP contribution in [0.4, 0.5) is 10.1 Å². The number of halogens is 1. The minimum atomic E-state index is -0.713. The van der Waals surface area contributed by atoms with Crippen LogP contribution in [0.3, 0.4) is 0 Å². The Hall–Kier alpha value is -1.45. The topological polar surface area (TPSA) is 30.5 Å². The largest absolute Gasteiger partial charge is 0.454 e. The van der Waals surface area contributed by atoms with E-state index in [0.717, 1.165) is 23.6 Å². The highest BCUT2D eigenvalue weighted by molar-refractivity contribution is 5.56. The third-order valence-corrected chi connectivity index (χ3v) is 2.91. The molecule has 15 heavy (non-hydrogen) atoms. The van der Waals surface area contributed by atoms with E-state index in [1.54, 1.807) is 0 Å². The molecule has 1 aromatic rings. The van der Waals surface area contributed by atoms with E-state index in [0.29, 0.717) is 6.42 Å². The Morgan fingerprint density at radius 1 is 1.20 bits per heavy atom. The zero-order valence-electron chi connectivity index (χ0n) is 8.20. The number of fused-ring (bicyclic) bond motifs is 1. The molecule has 0 aromatic heterocycles. The summed E-state index contributed by atoms with van der Waals surface area (Å²) in [6, 6.07) is 5.55. The molecule has 0 spiro atoms. The molecule has 1 saturated carbocycles. The number of anilines is 1. The van der Waals surface area contributed by atoms with Gasteiger partial charge in [-0.05, 0) is 25.0 Å². The summed E-state index contributed by atoms with van der Waals surface area (Å²) in [7, 11) is 0.